The molecule has 0 N–H and O–H groups in total. The normalized spacial score (nSPS) is 10.5. The van der Waals surface area contributed by atoms with Crippen LogP contribution < -0.4 is 0 Å². The number of ether oxygens (including phenoxy) is 2. The minimum atomic E-state index is -1.55. The summed E-state index contributed by atoms with van der Waals surface area (Å²) in [5.74, 6) is -1.77. The quantitative estimate of drug-likeness (QED) is 0.382. The highest BCUT2D eigenvalue weighted by Crippen LogP contribution is 2.32. The van der Waals surface area contributed by atoms with Crippen LogP contribution in [0.15, 0.2) is 12.7 Å². The highest BCUT2D eigenvalue weighted by atomic mass is 16.5. The van der Waals surface area contributed by atoms with E-state index in [-0.39, 0.29) is 18.6 Å². The first kappa shape index (κ1) is 15.3. The van der Waals surface area contributed by atoms with Gasteiger partial charge in [-0.15, -0.1) is 6.58 Å². The first-order chi connectivity index (χ1) is 7.94. The van der Waals surface area contributed by atoms with E-state index in [1.54, 1.807) is 6.08 Å². The van der Waals surface area contributed by atoms with E-state index in [0.717, 1.165) is 0 Å². The van der Waals surface area contributed by atoms with Gasteiger partial charge in [0.15, 0.2) is 5.41 Å². The zero-order valence-electron chi connectivity index (χ0n) is 10.4. The lowest BCUT2D eigenvalue weighted by molar-refractivity contribution is -0.171. The van der Waals surface area contributed by atoms with Crippen molar-refractivity contribution in [2.45, 2.75) is 26.2 Å². The molecule has 0 aliphatic rings. The molecular weight excluding hydrogens is 224 g/mol. The summed E-state index contributed by atoms with van der Waals surface area (Å²) in [5, 5.41) is 0. The molecule has 0 saturated carbocycles. The predicted octanol–water partition coefficient (Wildman–Crippen LogP) is 1.26. The molecular formula is C12H18O5. The monoisotopic (exact) mass is 242 g/mol. The molecule has 0 amide bonds. The number of hydrogen-bond acceptors (Lipinski definition) is 5. The predicted molar refractivity (Wildman–Crippen MR) is 61.2 cm³/mol. The minimum Gasteiger partial charge on any atom is -0.468 e. The van der Waals surface area contributed by atoms with Crippen molar-refractivity contribution >= 4 is 17.7 Å². The van der Waals surface area contributed by atoms with Crippen LogP contribution in [0, 0.1) is 5.41 Å². The fraction of sp³-hybridized carbons (Fsp3) is 0.583. The van der Waals surface area contributed by atoms with E-state index in [1.807, 2.05) is 0 Å². The number of rotatable bonds is 7. The molecule has 0 aromatic rings. The van der Waals surface area contributed by atoms with Crippen LogP contribution in [-0.2, 0) is 23.9 Å². The topological polar surface area (TPSA) is 69.7 Å². The van der Waals surface area contributed by atoms with Gasteiger partial charge in [0, 0.05) is 6.42 Å². The largest absolute Gasteiger partial charge is 0.468 e. The maximum atomic E-state index is 11.8. The van der Waals surface area contributed by atoms with E-state index in [1.165, 1.54) is 21.1 Å². The summed E-state index contributed by atoms with van der Waals surface area (Å²) in [6, 6.07) is 0. The molecule has 0 unspecified atom stereocenters. The number of methoxy groups -OCH3 is 2. The number of carbonyl (C=O) groups is 3. The standard InChI is InChI=1S/C12H18O5/c1-5-6-7-12(8-9(2)13,10(14)16-3)11(15)17-4/h5H,1,6-8H2,2-4H3. The van der Waals surface area contributed by atoms with Crippen LogP contribution in [0.5, 0.6) is 0 Å². The molecule has 0 saturated heterocycles. The third kappa shape index (κ3) is 3.69. The SMILES string of the molecule is C=CCCC(CC(C)=O)(C(=O)OC)C(=O)OC. The third-order valence-corrected chi connectivity index (χ3v) is 2.48. The molecule has 0 aromatic heterocycles. The lowest BCUT2D eigenvalue weighted by Gasteiger charge is -2.26. The highest BCUT2D eigenvalue weighted by molar-refractivity contribution is 6.03. The van der Waals surface area contributed by atoms with Crippen molar-refractivity contribution in [1.82, 2.24) is 0 Å². The van der Waals surface area contributed by atoms with Crippen molar-refractivity contribution in [3.63, 3.8) is 0 Å². The maximum absolute atomic E-state index is 11.8. The Morgan fingerprint density at radius 3 is 1.94 bits per heavy atom. The number of allylic oxidation sites excluding steroid dienone is 1. The first-order valence-electron chi connectivity index (χ1n) is 5.21. The van der Waals surface area contributed by atoms with E-state index in [0.29, 0.717) is 6.42 Å². The van der Waals surface area contributed by atoms with E-state index in [9.17, 15) is 14.4 Å². The van der Waals surface area contributed by atoms with E-state index in [2.05, 4.69) is 16.1 Å². The van der Waals surface area contributed by atoms with Gasteiger partial charge in [-0.2, -0.15) is 0 Å². The zero-order valence-corrected chi connectivity index (χ0v) is 10.4. The van der Waals surface area contributed by atoms with Crippen molar-refractivity contribution in [2.24, 2.45) is 5.41 Å². The van der Waals surface area contributed by atoms with Gasteiger partial charge in [-0.25, -0.2) is 0 Å². The van der Waals surface area contributed by atoms with Gasteiger partial charge in [0.05, 0.1) is 14.2 Å². The van der Waals surface area contributed by atoms with Gasteiger partial charge in [0.1, 0.15) is 5.78 Å². The van der Waals surface area contributed by atoms with E-state index in [4.69, 9.17) is 0 Å². The molecule has 0 spiro atoms. The second-order valence-electron chi connectivity index (χ2n) is 3.77. The molecule has 0 rings (SSSR count). The maximum Gasteiger partial charge on any atom is 0.323 e. The number of ketones is 1. The highest BCUT2D eigenvalue weighted by Gasteiger charge is 2.48. The van der Waals surface area contributed by atoms with Crippen LogP contribution in [0.4, 0.5) is 0 Å². The van der Waals surface area contributed by atoms with E-state index < -0.39 is 17.4 Å². The van der Waals surface area contributed by atoms with Crippen LogP contribution in [0.2, 0.25) is 0 Å². The molecule has 0 aliphatic carbocycles. The van der Waals surface area contributed by atoms with Gasteiger partial charge < -0.3 is 9.47 Å². The van der Waals surface area contributed by atoms with Gasteiger partial charge in [-0.05, 0) is 19.8 Å². The average molecular weight is 242 g/mol. The lowest BCUT2D eigenvalue weighted by atomic mass is 9.78. The molecule has 0 atom stereocenters. The Kier molecular flexibility index (Phi) is 6.17. The molecule has 0 radical (unpaired) electrons. The Morgan fingerprint density at radius 1 is 1.18 bits per heavy atom. The molecule has 0 heterocycles. The summed E-state index contributed by atoms with van der Waals surface area (Å²) in [5.41, 5.74) is -1.55. The smallest absolute Gasteiger partial charge is 0.323 e. The van der Waals surface area contributed by atoms with Crippen LogP contribution in [-0.4, -0.2) is 31.9 Å². The number of esters is 2. The summed E-state index contributed by atoms with van der Waals surface area (Å²) in [4.78, 5) is 34.8. The van der Waals surface area contributed by atoms with Crippen LogP contribution in [0.1, 0.15) is 26.2 Å². The number of hydrogen-bond donors (Lipinski definition) is 0. The van der Waals surface area contributed by atoms with Gasteiger partial charge in [0.2, 0.25) is 0 Å². The molecule has 96 valence electrons. The molecule has 0 bridgehead atoms. The Hall–Kier alpha value is -1.65. The summed E-state index contributed by atoms with van der Waals surface area (Å²) >= 11 is 0. The zero-order chi connectivity index (χ0) is 13.5. The second kappa shape index (κ2) is 6.83. The summed E-state index contributed by atoms with van der Waals surface area (Å²) in [7, 11) is 2.35. The third-order valence-electron chi connectivity index (χ3n) is 2.48. The Balaban J connectivity index is 5.33. The van der Waals surface area contributed by atoms with Gasteiger partial charge in [-0.3, -0.25) is 14.4 Å². The second-order valence-corrected chi connectivity index (χ2v) is 3.77. The van der Waals surface area contributed by atoms with Crippen molar-refractivity contribution in [3.8, 4) is 0 Å². The molecule has 5 heteroatoms. The Labute approximate surface area is 101 Å². The van der Waals surface area contributed by atoms with Crippen molar-refractivity contribution in [2.75, 3.05) is 14.2 Å². The van der Waals surface area contributed by atoms with Gasteiger partial charge >= 0.3 is 11.9 Å². The Bertz CT molecular complexity index is 303. The first-order valence-corrected chi connectivity index (χ1v) is 5.21. The lowest BCUT2D eigenvalue weighted by Crippen LogP contribution is -2.42. The summed E-state index contributed by atoms with van der Waals surface area (Å²) in [6.07, 6.45) is 1.91. The number of Topliss-reactive ketones (excluding diaryl/α,β-unsaturated/α-hetero) is 1. The van der Waals surface area contributed by atoms with Crippen LogP contribution in [0.3, 0.4) is 0 Å². The average Bonchev–Trinajstić information content (AvgIpc) is 2.31. The van der Waals surface area contributed by atoms with E-state index >= 15 is 0 Å². The molecule has 5 nitrogen and oxygen atoms in total. The van der Waals surface area contributed by atoms with Crippen molar-refractivity contribution < 1.29 is 23.9 Å². The van der Waals surface area contributed by atoms with Crippen molar-refractivity contribution in [1.29, 1.82) is 0 Å². The van der Waals surface area contributed by atoms with Crippen LogP contribution >= 0.6 is 0 Å². The van der Waals surface area contributed by atoms with Crippen molar-refractivity contribution in [3.05, 3.63) is 12.7 Å². The molecule has 0 aromatic carbocycles. The van der Waals surface area contributed by atoms with Gasteiger partial charge in [-0.1, -0.05) is 6.08 Å². The molecule has 17 heavy (non-hydrogen) atoms. The van der Waals surface area contributed by atoms with Crippen LogP contribution in [0.25, 0.3) is 0 Å². The minimum absolute atomic E-state index is 0.148. The Morgan fingerprint density at radius 2 is 1.65 bits per heavy atom. The fourth-order valence-electron chi connectivity index (χ4n) is 1.68. The summed E-state index contributed by atoms with van der Waals surface area (Å²) in [6.45, 7) is 4.84. The number of carbonyl (C=O) groups excluding carboxylic acids is 3. The fourth-order valence-corrected chi connectivity index (χ4v) is 1.68. The molecule has 0 fully saturated rings. The summed E-state index contributed by atoms with van der Waals surface area (Å²) < 4.78 is 9.22. The molecule has 0 aliphatic heterocycles. The van der Waals surface area contributed by atoms with Gasteiger partial charge in [0.25, 0.3) is 0 Å².